The SMILES string of the molecule is COc1ccccc1N(C)S(=O)(=O)c1ccc(C(=O)N[C@H](CN(C)C)c2ccccc2)cc1. The number of carbonyl (C=O) groups is 1. The molecule has 0 fully saturated rings. The second kappa shape index (κ2) is 10.5. The van der Waals surface area contributed by atoms with E-state index in [9.17, 15) is 13.2 Å². The van der Waals surface area contributed by atoms with Gasteiger partial charge in [0.15, 0.2) is 0 Å². The third kappa shape index (κ3) is 5.71. The Balaban J connectivity index is 1.80. The lowest BCUT2D eigenvalue weighted by Gasteiger charge is -2.23. The van der Waals surface area contributed by atoms with Gasteiger partial charge >= 0.3 is 0 Å². The van der Waals surface area contributed by atoms with Crippen LogP contribution in [0.25, 0.3) is 0 Å². The topological polar surface area (TPSA) is 78.9 Å². The molecule has 1 N–H and O–H groups in total. The maximum Gasteiger partial charge on any atom is 0.264 e. The minimum absolute atomic E-state index is 0.0837. The van der Waals surface area contributed by atoms with Crippen LogP contribution in [0.3, 0.4) is 0 Å². The summed E-state index contributed by atoms with van der Waals surface area (Å²) in [6.45, 7) is 0.631. The number of carbonyl (C=O) groups excluding carboxylic acids is 1. The number of anilines is 1. The minimum Gasteiger partial charge on any atom is -0.495 e. The van der Waals surface area contributed by atoms with E-state index >= 15 is 0 Å². The zero-order valence-corrected chi connectivity index (χ0v) is 20.0. The molecular weight excluding hydrogens is 438 g/mol. The monoisotopic (exact) mass is 467 g/mol. The predicted octanol–water partition coefficient (Wildman–Crippen LogP) is 3.55. The first kappa shape index (κ1) is 24.3. The van der Waals surface area contributed by atoms with Crippen molar-refractivity contribution in [3.8, 4) is 5.75 Å². The number of rotatable bonds is 9. The molecule has 0 heterocycles. The number of ether oxygens (including phenoxy) is 1. The van der Waals surface area contributed by atoms with Crippen molar-refractivity contribution in [2.75, 3.05) is 39.1 Å². The van der Waals surface area contributed by atoms with Crippen molar-refractivity contribution in [1.29, 1.82) is 0 Å². The number of hydrogen-bond acceptors (Lipinski definition) is 5. The number of amides is 1. The van der Waals surface area contributed by atoms with Crippen LogP contribution in [-0.4, -0.2) is 54.0 Å². The highest BCUT2D eigenvalue weighted by Gasteiger charge is 2.24. The van der Waals surface area contributed by atoms with Crippen LogP contribution in [0.2, 0.25) is 0 Å². The maximum absolute atomic E-state index is 13.1. The number of benzene rings is 3. The average Bonchev–Trinajstić information content (AvgIpc) is 2.83. The first-order chi connectivity index (χ1) is 15.7. The van der Waals surface area contributed by atoms with E-state index in [0.717, 1.165) is 5.56 Å². The fraction of sp³-hybridized carbons (Fsp3) is 0.240. The number of sulfonamides is 1. The number of hydrogen-bond donors (Lipinski definition) is 1. The fourth-order valence-electron chi connectivity index (χ4n) is 3.48. The number of likely N-dealkylation sites (N-methyl/N-ethyl adjacent to an activating group) is 1. The molecule has 0 aromatic heterocycles. The van der Waals surface area contributed by atoms with E-state index in [-0.39, 0.29) is 16.8 Å². The molecular formula is C25H29N3O4S. The van der Waals surface area contributed by atoms with Crippen molar-refractivity contribution in [2.45, 2.75) is 10.9 Å². The Morgan fingerprint density at radius 1 is 0.909 bits per heavy atom. The zero-order chi connectivity index (χ0) is 24.0. The van der Waals surface area contributed by atoms with Gasteiger partial charge in [-0.25, -0.2) is 8.42 Å². The first-order valence-corrected chi connectivity index (χ1v) is 11.9. The molecule has 0 unspecified atom stereocenters. The van der Waals surface area contributed by atoms with Gasteiger partial charge < -0.3 is 15.0 Å². The van der Waals surface area contributed by atoms with E-state index in [4.69, 9.17) is 4.74 Å². The molecule has 33 heavy (non-hydrogen) atoms. The molecule has 7 nitrogen and oxygen atoms in total. The van der Waals surface area contributed by atoms with Gasteiger partial charge in [0.25, 0.3) is 15.9 Å². The van der Waals surface area contributed by atoms with E-state index in [0.29, 0.717) is 23.5 Å². The lowest BCUT2D eigenvalue weighted by atomic mass is 10.1. The quantitative estimate of drug-likeness (QED) is 0.521. The molecule has 0 bridgehead atoms. The summed E-state index contributed by atoms with van der Waals surface area (Å²) in [5.41, 5.74) is 1.81. The Hall–Kier alpha value is -3.36. The summed E-state index contributed by atoms with van der Waals surface area (Å²) in [5.74, 6) is 0.181. The van der Waals surface area contributed by atoms with Crippen LogP contribution < -0.4 is 14.4 Å². The van der Waals surface area contributed by atoms with E-state index in [2.05, 4.69) is 5.32 Å². The van der Waals surface area contributed by atoms with Crippen molar-refractivity contribution in [1.82, 2.24) is 10.2 Å². The number of nitrogens with zero attached hydrogens (tertiary/aromatic N) is 2. The van der Waals surface area contributed by atoms with Gasteiger partial charge in [-0.1, -0.05) is 42.5 Å². The molecule has 0 saturated carbocycles. The van der Waals surface area contributed by atoms with Crippen LogP contribution in [0, 0.1) is 0 Å². The van der Waals surface area contributed by atoms with Gasteiger partial charge in [0.2, 0.25) is 0 Å². The molecule has 1 atom stereocenters. The van der Waals surface area contributed by atoms with E-state index in [1.807, 2.05) is 49.3 Å². The summed E-state index contributed by atoms with van der Waals surface area (Å²) >= 11 is 0. The van der Waals surface area contributed by atoms with E-state index in [1.54, 1.807) is 24.3 Å². The molecule has 0 aliphatic carbocycles. The average molecular weight is 468 g/mol. The van der Waals surface area contributed by atoms with Gasteiger partial charge in [0.05, 0.1) is 23.7 Å². The highest BCUT2D eigenvalue weighted by molar-refractivity contribution is 7.92. The molecule has 1 amide bonds. The van der Waals surface area contributed by atoms with Gasteiger partial charge in [-0.05, 0) is 56.1 Å². The molecule has 0 spiro atoms. The Bertz CT molecular complexity index is 1180. The van der Waals surface area contributed by atoms with Gasteiger partial charge in [0, 0.05) is 19.2 Å². The number of methoxy groups -OCH3 is 1. The third-order valence-electron chi connectivity index (χ3n) is 5.25. The molecule has 0 aliphatic heterocycles. The van der Waals surface area contributed by atoms with E-state index in [1.165, 1.54) is 42.7 Å². The Morgan fingerprint density at radius 3 is 2.12 bits per heavy atom. The summed E-state index contributed by atoms with van der Waals surface area (Å²) < 4.78 is 32.7. The number of para-hydroxylation sites is 2. The highest BCUT2D eigenvalue weighted by Crippen LogP contribution is 2.30. The Kier molecular flexibility index (Phi) is 7.73. The molecule has 0 radical (unpaired) electrons. The summed E-state index contributed by atoms with van der Waals surface area (Å²) in [7, 11) is 3.02. The van der Waals surface area contributed by atoms with Crippen LogP contribution in [0.4, 0.5) is 5.69 Å². The lowest BCUT2D eigenvalue weighted by molar-refractivity contribution is 0.0930. The summed E-state index contributed by atoms with van der Waals surface area (Å²) in [6, 6.07) is 22.4. The van der Waals surface area contributed by atoms with Crippen LogP contribution in [-0.2, 0) is 10.0 Å². The Morgan fingerprint density at radius 2 is 1.52 bits per heavy atom. The molecule has 3 rings (SSSR count). The highest BCUT2D eigenvalue weighted by atomic mass is 32.2. The lowest BCUT2D eigenvalue weighted by Crippen LogP contribution is -2.35. The third-order valence-corrected chi connectivity index (χ3v) is 7.04. The van der Waals surface area contributed by atoms with Crippen molar-refractivity contribution < 1.29 is 17.9 Å². The van der Waals surface area contributed by atoms with Crippen molar-refractivity contribution in [3.63, 3.8) is 0 Å². The van der Waals surface area contributed by atoms with Crippen LogP contribution >= 0.6 is 0 Å². The van der Waals surface area contributed by atoms with Gasteiger partial charge in [-0.3, -0.25) is 9.10 Å². The molecule has 3 aromatic carbocycles. The summed E-state index contributed by atoms with van der Waals surface area (Å²) in [4.78, 5) is 15.0. The van der Waals surface area contributed by atoms with Crippen LogP contribution in [0.1, 0.15) is 22.0 Å². The van der Waals surface area contributed by atoms with Crippen molar-refractivity contribution >= 4 is 21.6 Å². The standard InChI is InChI=1S/C25H29N3O4S/c1-27(2)18-22(19-10-6-5-7-11-19)26-25(29)20-14-16-21(17-15-20)33(30,31)28(3)23-12-8-9-13-24(23)32-4/h5-17,22H,18H2,1-4H3,(H,26,29)/t22-/m1/s1. The van der Waals surface area contributed by atoms with E-state index < -0.39 is 10.0 Å². The number of nitrogens with one attached hydrogen (secondary N) is 1. The van der Waals surface area contributed by atoms with Gasteiger partial charge in [-0.15, -0.1) is 0 Å². The zero-order valence-electron chi connectivity index (χ0n) is 19.2. The minimum atomic E-state index is -3.83. The van der Waals surface area contributed by atoms with Crippen molar-refractivity contribution in [2.24, 2.45) is 0 Å². The molecule has 8 heteroatoms. The van der Waals surface area contributed by atoms with Crippen LogP contribution in [0.5, 0.6) is 5.75 Å². The van der Waals surface area contributed by atoms with Crippen molar-refractivity contribution in [3.05, 3.63) is 90.0 Å². The second-order valence-corrected chi connectivity index (χ2v) is 9.84. The Labute approximate surface area is 195 Å². The first-order valence-electron chi connectivity index (χ1n) is 10.5. The smallest absolute Gasteiger partial charge is 0.264 e. The largest absolute Gasteiger partial charge is 0.495 e. The van der Waals surface area contributed by atoms with Crippen LogP contribution in [0.15, 0.2) is 83.8 Å². The molecule has 3 aromatic rings. The second-order valence-electron chi connectivity index (χ2n) is 7.87. The fourth-order valence-corrected chi connectivity index (χ4v) is 4.69. The van der Waals surface area contributed by atoms with Gasteiger partial charge in [0.1, 0.15) is 5.75 Å². The molecule has 0 saturated heterocycles. The maximum atomic E-state index is 13.1. The normalized spacial score (nSPS) is 12.3. The predicted molar refractivity (Wildman–Crippen MR) is 130 cm³/mol. The summed E-state index contributed by atoms with van der Waals surface area (Å²) in [6.07, 6.45) is 0. The molecule has 174 valence electrons. The summed E-state index contributed by atoms with van der Waals surface area (Å²) in [5, 5.41) is 3.05. The molecule has 0 aliphatic rings. The van der Waals surface area contributed by atoms with Gasteiger partial charge in [-0.2, -0.15) is 0 Å².